The highest BCUT2D eigenvalue weighted by Gasteiger charge is 2.37. The van der Waals surface area contributed by atoms with Crippen LogP contribution in [0.4, 0.5) is 0 Å². The second kappa shape index (κ2) is 21.4. The van der Waals surface area contributed by atoms with Crippen molar-refractivity contribution in [1.82, 2.24) is 14.1 Å². The van der Waals surface area contributed by atoms with Crippen molar-refractivity contribution in [2.75, 3.05) is 0 Å². The molecule has 15 rings (SSSR count). The summed E-state index contributed by atoms with van der Waals surface area (Å²) in [5, 5.41) is 2.91. The maximum atomic E-state index is 10.5. The largest absolute Gasteiger partial charge is 0.458 e. The summed E-state index contributed by atoms with van der Waals surface area (Å²) in [6.07, 6.45) is -4.08. The predicted molar refractivity (Wildman–Crippen MR) is 383 cm³/mol. The van der Waals surface area contributed by atoms with Crippen molar-refractivity contribution in [3.05, 3.63) is 259 Å². The Labute approximate surface area is 575 Å². The van der Waals surface area contributed by atoms with E-state index in [0.29, 0.717) is 44.8 Å². The van der Waals surface area contributed by atoms with Crippen LogP contribution in [-0.4, -0.2) is 14.1 Å². The normalized spacial score (nSPS) is 19.7. The van der Waals surface area contributed by atoms with Crippen molar-refractivity contribution in [3.63, 3.8) is 0 Å². The molecule has 4 heterocycles. The van der Waals surface area contributed by atoms with Gasteiger partial charge in [0.25, 0.3) is 6.33 Å². The van der Waals surface area contributed by atoms with Gasteiger partial charge in [-0.1, -0.05) is 235 Å². The van der Waals surface area contributed by atoms with Gasteiger partial charge >= 0.3 is 0 Å². The second-order valence-corrected chi connectivity index (χ2v) is 27.0. The summed E-state index contributed by atoms with van der Waals surface area (Å²) in [6, 6.07) is 43.8. The van der Waals surface area contributed by atoms with Crippen LogP contribution in [-0.2, 0) is 27.1 Å². The predicted octanol–water partition coefficient (Wildman–Crippen LogP) is 22.8. The molecule has 0 N–H and O–H groups in total. The molecule has 14 aromatic rings. The summed E-state index contributed by atoms with van der Waals surface area (Å²) >= 11 is 0. The Hall–Kier alpha value is -9.78. The Morgan fingerprint density at radius 3 is 1.96 bits per heavy atom. The van der Waals surface area contributed by atoms with Crippen LogP contribution < -0.4 is 9.30 Å². The van der Waals surface area contributed by atoms with Gasteiger partial charge in [0.15, 0.2) is 0 Å². The van der Waals surface area contributed by atoms with Crippen LogP contribution in [0.5, 0.6) is 11.5 Å². The van der Waals surface area contributed by atoms with E-state index in [1.165, 1.54) is 33.9 Å². The van der Waals surface area contributed by atoms with Crippen LogP contribution in [0.2, 0.25) is 0 Å². The third-order valence-corrected chi connectivity index (χ3v) is 17.5. The van der Waals surface area contributed by atoms with Crippen LogP contribution in [0.15, 0.2) is 229 Å². The van der Waals surface area contributed by atoms with Crippen molar-refractivity contribution in [2.24, 2.45) is 0 Å². The average Bonchev–Trinajstić information content (AvgIpc) is 0.786. The van der Waals surface area contributed by atoms with E-state index >= 15 is 0 Å². The smallest absolute Gasteiger partial charge is 0.269 e. The molecule has 456 valence electrons. The lowest BCUT2D eigenvalue weighted by molar-refractivity contribution is -0.571. The van der Waals surface area contributed by atoms with Crippen molar-refractivity contribution in [1.29, 1.82) is 0 Å². The zero-order valence-corrected chi connectivity index (χ0v) is 52.3. The second-order valence-electron chi connectivity index (χ2n) is 27.0. The molecule has 0 aliphatic heterocycles. The van der Waals surface area contributed by atoms with Crippen LogP contribution in [0.1, 0.15) is 163 Å². The first-order chi connectivity index (χ1) is 53.8. The summed E-state index contributed by atoms with van der Waals surface area (Å²) in [7, 11) is 0. The molecule has 92 heavy (non-hydrogen) atoms. The van der Waals surface area contributed by atoms with Gasteiger partial charge in [0.1, 0.15) is 28.5 Å². The lowest BCUT2D eigenvalue weighted by Gasteiger charge is -2.42. The first kappa shape index (κ1) is 37.5. The number of para-hydroxylation sites is 2. The SMILES string of the molecule is [2H]c1c([2H])c([2H])c(-c2cccc(-c3c([2H])c([2H])c4c(c3[2H])C(C([2H])([2H])[2H])(C([2H])([2H])[2H])C([2H])([2H])C([2H])([2H])C4(C([2H])([2H])[2H])C([2H])([2H])[2H])c2-[n+]2[c-]n(-c3cccc(Oc4ccc5c6cc(-c7cc(C(C)(C)C)cc(C(C)(C)C)c7)ccc6n(-c6cc(C(C)(C)C)ccn6)c5c4)c3)c3cc4oc5c(-c6ccccc6)cccc5c4cc32)c([2H])c1[2H]. The van der Waals surface area contributed by atoms with Gasteiger partial charge in [-0.05, 0) is 173 Å². The number of benzene rings is 10. The molecule has 0 atom stereocenters. The van der Waals surface area contributed by atoms with Crippen LogP contribution in [0.3, 0.4) is 0 Å². The topological polar surface area (TPSA) is 49.0 Å². The maximum Gasteiger partial charge on any atom is 0.269 e. The molecule has 0 bridgehead atoms. The molecule has 6 nitrogen and oxygen atoms in total. The molecule has 4 aromatic heterocycles. The zero-order chi connectivity index (χ0) is 84.4. The molecule has 0 saturated heterocycles. The monoisotopic (exact) mass is 1220 g/mol. The molecule has 10 aromatic carbocycles. The first-order valence-corrected chi connectivity index (χ1v) is 30.6. The van der Waals surface area contributed by atoms with Gasteiger partial charge in [0, 0.05) is 61.3 Å². The molecular formula is C86H80N4O2. The Bertz CT molecular complexity index is 6350. The molecule has 0 saturated carbocycles. The molecule has 0 fully saturated rings. The van der Waals surface area contributed by atoms with Gasteiger partial charge in [-0.15, -0.1) is 0 Å². The highest BCUT2D eigenvalue weighted by Crippen LogP contribution is 2.49. The number of hydrogen-bond donors (Lipinski definition) is 0. The molecule has 0 radical (unpaired) electrons. The standard InChI is InChI=1S/C86H80N4O2/c1-82(2,3)59-39-42-87-79(48-59)90-74-38-34-56(58-43-60(83(4,5)6)47-61(44-58)84(7,8)9)45-70(74)68-36-35-64(50-75(68)90)91-63-28-20-27-62(49-63)88-53-89(76-51-71-69-32-22-31-67(55-25-18-15-19-26-55)81(69)92-78(71)52-77(76)88)80-65(54-23-16-14-17-24-54)29-21-30-66(80)57-33-37-72-73(46-57)86(12,13)41-40-85(72,10)11/h14-39,42-52H,40-41H2,1-13H3/i10D3,11D3,12D3,13D3,14D,16D,17D,23D,24D,33D,37D,40D2,41D2,46D. The van der Waals surface area contributed by atoms with Gasteiger partial charge in [-0.2, -0.15) is 0 Å². The number of fused-ring (bicyclic) bond motifs is 8. The third-order valence-electron chi connectivity index (χ3n) is 17.5. The average molecular weight is 1230 g/mol. The minimum absolute atomic E-state index is 0.134. The first-order valence-electron chi connectivity index (χ1n) is 42.6. The lowest BCUT2D eigenvalue weighted by atomic mass is 9.63. The highest BCUT2D eigenvalue weighted by atomic mass is 16.5. The van der Waals surface area contributed by atoms with Crippen molar-refractivity contribution < 1.29 is 46.6 Å². The summed E-state index contributed by atoms with van der Waals surface area (Å²) in [5.74, 6) is 1.36. The zero-order valence-electron chi connectivity index (χ0n) is 76.3. The highest BCUT2D eigenvalue weighted by molar-refractivity contribution is 6.13. The third kappa shape index (κ3) is 10.2. The van der Waals surface area contributed by atoms with Crippen LogP contribution in [0, 0.1) is 6.33 Å². The summed E-state index contributed by atoms with van der Waals surface area (Å²) < 4.78 is 242. The molecule has 6 heteroatoms. The van der Waals surface area contributed by atoms with Crippen LogP contribution in [0.25, 0.3) is 116 Å². The fourth-order valence-corrected chi connectivity index (χ4v) is 12.6. The molecule has 0 unspecified atom stereocenters. The minimum Gasteiger partial charge on any atom is -0.458 e. The van der Waals surface area contributed by atoms with Crippen molar-refractivity contribution >= 4 is 54.8 Å². The van der Waals surface area contributed by atoms with Crippen LogP contribution >= 0.6 is 0 Å². The molecule has 1 aliphatic rings. The number of nitrogens with zero attached hydrogens (tertiary/aromatic N) is 4. The number of furan rings is 1. The van der Waals surface area contributed by atoms with E-state index in [1.807, 2.05) is 72.8 Å². The van der Waals surface area contributed by atoms with Crippen molar-refractivity contribution in [3.8, 4) is 73.2 Å². The summed E-state index contributed by atoms with van der Waals surface area (Å²) in [5.41, 5.74) is -5.38. The van der Waals surface area contributed by atoms with Gasteiger partial charge in [0.05, 0.1) is 44.4 Å². The van der Waals surface area contributed by atoms with E-state index in [2.05, 4.69) is 116 Å². The minimum atomic E-state index is -4.66. The number of hydrogen-bond acceptors (Lipinski definition) is 3. The Morgan fingerprint density at radius 2 is 1.22 bits per heavy atom. The van der Waals surface area contributed by atoms with E-state index in [-0.39, 0.29) is 44.3 Å². The van der Waals surface area contributed by atoms with Gasteiger partial charge in [-0.3, -0.25) is 13.7 Å². The summed E-state index contributed by atoms with van der Waals surface area (Å²) in [4.78, 5) is 4.99. The number of ether oxygens (including phenoxy) is 1. The number of rotatable bonds is 9. The number of imidazole rings is 1. The van der Waals surface area contributed by atoms with Gasteiger partial charge in [0.2, 0.25) is 0 Å². The molecule has 1 aliphatic carbocycles. The molecule has 0 amide bonds. The molecule has 0 spiro atoms. The fraction of sp³-hybridized carbons (Fsp3) is 0.233. The Kier molecular flexibility index (Phi) is 8.74. The van der Waals surface area contributed by atoms with E-state index in [9.17, 15) is 12.3 Å². The Balaban J connectivity index is 1.01. The number of aromatic nitrogens is 4. The fourth-order valence-electron chi connectivity index (χ4n) is 12.6. The van der Waals surface area contributed by atoms with E-state index < -0.39 is 127 Å². The van der Waals surface area contributed by atoms with E-state index in [1.54, 1.807) is 47.2 Å². The van der Waals surface area contributed by atoms with Gasteiger partial charge in [-0.25, -0.2) is 4.98 Å². The molecular weight excluding hydrogens is 1120 g/mol. The van der Waals surface area contributed by atoms with Crippen molar-refractivity contribution in [2.45, 2.75) is 130 Å². The Morgan fingerprint density at radius 1 is 0.522 bits per heavy atom. The van der Waals surface area contributed by atoms with Gasteiger partial charge < -0.3 is 9.15 Å². The quantitative estimate of drug-likeness (QED) is 0.107. The number of pyridine rings is 1. The van der Waals surface area contributed by atoms with E-state index in [4.69, 9.17) is 34.7 Å². The lowest BCUT2D eigenvalue weighted by Crippen LogP contribution is -2.34. The van der Waals surface area contributed by atoms with E-state index in [0.717, 1.165) is 44.1 Å². The maximum absolute atomic E-state index is 10.5. The summed E-state index contributed by atoms with van der Waals surface area (Å²) in [6.45, 7) is 2.21.